The highest BCUT2D eigenvalue weighted by atomic mass is 127. The highest BCUT2D eigenvalue weighted by molar-refractivity contribution is 14.1. The molecule has 40 heavy (non-hydrogen) atoms. The average molecular weight is 762 g/mol. The molecule has 4 aromatic carbocycles. The molecule has 0 radical (unpaired) electrons. The van der Waals surface area contributed by atoms with Gasteiger partial charge in [0.1, 0.15) is 23.2 Å². The van der Waals surface area contributed by atoms with Gasteiger partial charge in [0.2, 0.25) is 0 Å². The summed E-state index contributed by atoms with van der Waals surface area (Å²) in [6.45, 7) is 2.30. The summed E-state index contributed by atoms with van der Waals surface area (Å²) in [5.74, 6) is 1.53. The van der Waals surface area contributed by atoms with Crippen LogP contribution in [0, 0.1) is 14.1 Å². The standard InChI is InChI=1S/C33H32I2O5/c1-21-17-27(29(35)18-28(21)34)31-19-30(36)32(40-31)20-39-33(22-7-5-4-6-8-22,23-9-13-25(37-2)14-10-23)24-11-15-26(38-3)16-12-24/h4-18,30-32,36H,19-20H2,1-3H3/t30-,31+,32+/m0/s1. The van der Waals surface area contributed by atoms with Gasteiger partial charge < -0.3 is 24.1 Å². The predicted octanol–water partition coefficient (Wildman–Crippen LogP) is 7.42. The maximum Gasteiger partial charge on any atom is 0.143 e. The first-order valence-corrected chi connectivity index (χ1v) is 15.3. The molecule has 1 fully saturated rings. The lowest BCUT2D eigenvalue weighted by Crippen LogP contribution is -2.38. The van der Waals surface area contributed by atoms with Crippen LogP contribution in [0.4, 0.5) is 0 Å². The molecule has 1 aliphatic heterocycles. The van der Waals surface area contributed by atoms with Crippen molar-refractivity contribution in [1.29, 1.82) is 0 Å². The molecule has 0 aliphatic carbocycles. The second-order valence-corrected chi connectivity index (χ2v) is 12.2. The van der Waals surface area contributed by atoms with Crippen LogP contribution in [0.3, 0.4) is 0 Å². The molecule has 0 spiro atoms. The zero-order chi connectivity index (χ0) is 28.3. The van der Waals surface area contributed by atoms with E-state index in [2.05, 4.69) is 76.4 Å². The van der Waals surface area contributed by atoms with E-state index in [4.69, 9.17) is 18.9 Å². The van der Waals surface area contributed by atoms with Crippen LogP contribution in [-0.2, 0) is 15.1 Å². The fraction of sp³-hybridized carbons (Fsp3) is 0.273. The Morgan fingerprint density at radius 3 is 1.90 bits per heavy atom. The second-order valence-electron chi connectivity index (χ2n) is 9.90. The van der Waals surface area contributed by atoms with Crippen molar-refractivity contribution in [2.75, 3.05) is 20.8 Å². The van der Waals surface area contributed by atoms with Crippen molar-refractivity contribution in [3.05, 3.63) is 126 Å². The third-order valence-corrected chi connectivity index (χ3v) is 9.58. The molecule has 208 valence electrons. The molecule has 0 bridgehead atoms. The second kappa shape index (κ2) is 12.8. The first-order chi connectivity index (χ1) is 19.3. The van der Waals surface area contributed by atoms with E-state index in [0.29, 0.717) is 6.42 Å². The molecule has 1 heterocycles. The predicted molar refractivity (Wildman–Crippen MR) is 173 cm³/mol. The molecule has 1 aliphatic rings. The van der Waals surface area contributed by atoms with Crippen LogP contribution in [0.15, 0.2) is 91.0 Å². The SMILES string of the molecule is COc1ccc(C(OC[C@H]2O[C@@H](c3cc(C)c(I)cc3I)C[C@@H]2O)(c2ccccc2)c2ccc(OC)cc2)cc1. The Morgan fingerprint density at radius 1 is 0.800 bits per heavy atom. The van der Waals surface area contributed by atoms with Crippen molar-refractivity contribution >= 4 is 45.2 Å². The third-order valence-electron chi connectivity index (χ3n) is 7.49. The van der Waals surface area contributed by atoms with Crippen molar-refractivity contribution in [1.82, 2.24) is 0 Å². The summed E-state index contributed by atoms with van der Waals surface area (Å²) in [5.41, 5.74) is 4.20. The number of aryl methyl sites for hydroxylation is 1. The van der Waals surface area contributed by atoms with Gasteiger partial charge in [-0.05, 0) is 110 Å². The summed E-state index contributed by atoms with van der Waals surface area (Å²) in [6.07, 6.45) is -0.812. The normalized spacial score (nSPS) is 19.0. The van der Waals surface area contributed by atoms with E-state index in [1.807, 2.05) is 66.7 Å². The van der Waals surface area contributed by atoms with E-state index in [1.165, 1.54) is 9.13 Å². The van der Waals surface area contributed by atoms with Crippen LogP contribution in [0.25, 0.3) is 0 Å². The first kappa shape index (κ1) is 29.3. The average Bonchev–Trinajstić information content (AvgIpc) is 3.36. The van der Waals surface area contributed by atoms with Crippen molar-refractivity contribution < 1.29 is 24.1 Å². The number of hydrogen-bond acceptors (Lipinski definition) is 5. The van der Waals surface area contributed by atoms with Gasteiger partial charge in [-0.3, -0.25) is 0 Å². The van der Waals surface area contributed by atoms with Crippen molar-refractivity contribution in [2.45, 2.75) is 37.3 Å². The zero-order valence-corrected chi connectivity index (χ0v) is 27.0. The number of rotatable bonds is 9. The molecule has 5 rings (SSSR count). The number of hydrogen-bond donors (Lipinski definition) is 1. The van der Waals surface area contributed by atoms with Crippen molar-refractivity contribution in [3.63, 3.8) is 0 Å². The van der Waals surface area contributed by atoms with E-state index < -0.39 is 17.8 Å². The summed E-state index contributed by atoms with van der Waals surface area (Å²) in [5, 5.41) is 11.1. The van der Waals surface area contributed by atoms with Gasteiger partial charge in [0.25, 0.3) is 0 Å². The van der Waals surface area contributed by atoms with Gasteiger partial charge in [0.15, 0.2) is 0 Å². The molecule has 3 atom stereocenters. The van der Waals surface area contributed by atoms with E-state index >= 15 is 0 Å². The minimum Gasteiger partial charge on any atom is -0.497 e. The van der Waals surface area contributed by atoms with Crippen molar-refractivity contribution in [2.24, 2.45) is 0 Å². The fourth-order valence-electron chi connectivity index (χ4n) is 5.29. The first-order valence-electron chi connectivity index (χ1n) is 13.1. The Labute approximate surface area is 263 Å². The van der Waals surface area contributed by atoms with Gasteiger partial charge in [-0.1, -0.05) is 60.7 Å². The van der Waals surface area contributed by atoms with E-state index in [1.54, 1.807) is 14.2 Å². The van der Waals surface area contributed by atoms with Gasteiger partial charge in [-0.2, -0.15) is 0 Å². The van der Waals surface area contributed by atoms with Gasteiger partial charge >= 0.3 is 0 Å². The van der Waals surface area contributed by atoms with Gasteiger partial charge in [0, 0.05) is 13.6 Å². The number of benzene rings is 4. The van der Waals surface area contributed by atoms with E-state index in [-0.39, 0.29) is 12.7 Å². The Morgan fingerprint density at radius 2 is 1.35 bits per heavy atom. The van der Waals surface area contributed by atoms with Crippen LogP contribution in [0.1, 0.15) is 40.3 Å². The van der Waals surface area contributed by atoms with Crippen LogP contribution < -0.4 is 9.47 Å². The van der Waals surface area contributed by atoms with E-state index in [0.717, 1.165) is 37.3 Å². The van der Waals surface area contributed by atoms with Crippen LogP contribution in [-0.4, -0.2) is 38.1 Å². The lowest BCUT2D eigenvalue weighted by Gasteiger charge is -2.37. The van der Waals surface area contributed by atoms with Crippen LogP contribution >= 0.6 is 45.2 Å². The van der Waals surface area contributed by atoms with Gasteiger partial charge in [-0.15, -0.1) is 0 Å². The topological polar surface area (TPSA) is 57.2 Å². The Balaban J connectivity index is 1.53. The molecule has 0 aromatic heterocycles. The highest BCUT2D eigenvalue weighted by Crippen LogP contribution is 2.43. The minimum absolute atomic E-state index is 0.195. The van der Waals surface area contributed by atoms with Gasteiger partial charge in [-0.25, -0.2) is 0 Å². The molecular weight excluding hydrogens is 730 g/mol. The lowest BCUT2D eigenvalue weighted by molar-refractivity contribution is -0.0828. The number of halogens is 2. The number of ether oxygens (including phenoxy) is 4. The minimum atomic E-state index is -0.963. The Hall–Kier alpha value is -2.18. The Kier molecular flexibility index (Phi) is 9.36. The van der Waals surface area contributed by atoms with Crippen molar-refractivity contribution in [3.8, 4) is 11.5 Å². The largest absolute Gasteiger partial charge is 0.497 e. The molecule has 5 nitrogen and oxygen atoms in total. The van der Waals surface area contributed by atoms with Crippen LogP contribution in [0.5, 0.6) is 11.5 Å². The third kappa shape index (κ3) is 5.90. The molecule has 4 aromatic rings. The fourth-order valence-corrected chi connectivity index (χ4v) is 7.16. The maximum absolute atomic E-state index is 11.1. The molecule has 1 saturated heterocycles. The zero-order valence-electron chi connectivity index (χ0n) is 22.6. The molecular formula is C33H32I2O5. The summed E-state index contributed by atoms with van der Waals surface area (Å²) in [7, 11) is 3.32. The summed E-state index contributed by atoms with van der Waals surface area (Å²) >= 11 is 4.71. The maximum atomic E-state index is 11.1. The molecule has 7 heteroatoms. The summed E-state index contributed by atoms with van der Waals surface area (Å²) < 4.78 is 26.7. The highest BCUT2D eigenvalue weighted by Gasteiger charge is 2.42. The van der Waals surface area contributed by atoms with Gasteiger partial charge in [0.05, 0.1) is 33.0 Å². The number of aliphatic hydroxyl groups excluding tert-OH is 1. The smallest absolute Gasteiger partial charge is 0.143 e. The summed E-state index contributed by atoms with van der Waals surface area (Å²) in [6, 6.07) is 30.4. The molecule has 0 unspecified atom stereocenters. The number of aliphatic hydroxyl groups is 1. The monoisotopic (exact) mass is 762 g/mol. The lowest BCUT2D eigenvalue weighted by atomic mass is 9.80. The number of methoxy groups -OCH3 is 2. The quantitative estimate of drug-likeness (QED) is 0.142. The molecule has 1 N–H and O–H groups in total. The van der Waals surface area contributed by atoms with Crippen LogP contribution in [0.2, 0.25) is 0 Å². The summed E-state index contributed by atoms with van der Waals surface area (Å²) in [4.78, 5) is 0. The van der Waals surface area contributed by atoms with E-state index in [9.17, 15) is 5.11 Å². The molecule has 0 saturated carbocycles. The molecule has 0 amide bonds. The Bertz CT molecular complexity index is 1380.